The topological polar surface area (TPSA) is 218 Å². The molecule has 4 aliphatic heterocycles. The van der Waals surface area contributed by atoms with Crippen LogP contribution in [0.25, 0.3) is 31.6 Å². The monoisotopic (exact) mass is 1140 g/mol. The van der Waals surface area contributed by atoms with Gasteiger partial charge in [0.15, 0.2) is 0 Å². The third-order valence-corrected chi connectivity index (χ3v) is 20.7. The zero-order valence-corrected chi connectivity index (χ0v) is 48.5. The summed E-state index contributed by atoms with van der Waals surface area (Å²) in [6.45, 7) is 12.6. The van der Waals surface area contributed by atoms with E-state index in [0.29, 0.717) is 49.4 Å². The highest BCUT2D eigenvalue weighted by Crippen LogP contribution is 2.36. The van der Waals surface area contributed by atoms with Gasteiger partial charge in [-0.1, -0.05) is 87.5 Å². The summed E-state index contributed by atoms with van der Waals surface area (Å²) in [7, 11) is -6.75. The molecule has 0 amide bonds. The van der Waals surface area contributed by atoms with Crippen molar-refractivity contribution in [1.29, 1.82) is 0 Å². The molecule has 6 aromatic rings. The average molecular weight is 1140 g/mol. The number of ether oxygens (including phenoxy) is 2. The molecule has 4 aliphatic rings. The van der Waals surface area contributed by atoms with E-state index in [1.54, 1.807) is 36.5 Å². The van der Waals surface area contributed by atoms with Gasteiger partial charge in [-0.2, -0.15) is 8.61 Å². The van der Waals surface area contributed by atoms with E-state index in [1.165, 1.54) is 19.7 Å². The molecule has 10 rings (SSSR count). The molecule has 22 heteroatoms. The minimum Gasteiger partial charge on any atom is -0.467 e. The maximum absolute atomic E-state index is 12.6. The number of piperidine rings is 2. The number of anilines is 2. The Kier molecular flexibility index (Phi) is 19.4. The fraction of sp³-hybridized carbons (Fsp3) is 0.536. The van der Waals surface area contributed by atoms with Gasteiger partial charge >= 0.3 is 0 Å². The van der Waals surface area contributed by atoms with Crippen LogP contribution < -0.4 is 19.3 Å². The van der Waals surface area contributed by atoms with Crippen LogP contribution in [-0.2, 0) is 32.9 Å². The smallest absolute Gasteiger partial charge is 0.274 e. The largest absolute Gasteiger partial charge is 0.467 e. The third-order valence-electron chi connectivity index (χ3n) is 14.7. The molecule has 2 N–H and O–H groups in total. The third kappa shape index (κ3) is 14.8. The molecule has 2 aromatic carbocycles. The van der Waals surface area contributed by atoms with Gasteiger partial charge in [0.05, 0.1) is 31.9 Å². The maximum Gasteiger partial charge on any atom is 0.274 e. The average Bonchev–Trinajstić information content (AvgIpc) is 4.09. The van der Waals surface area contributed by atoms with Crippen molar-refractivity contribution >= 4 is 86.2 Å². The normalized spacial score (nSPS) is 18.3. The summed E-state index contributed by atoms with van der Waals surface area (Å²) < 4.78 is 68.2. The summed E-state index contributed by atoms with van der Waals surface area (Å²) in [5.74, 6) is 0.990. The van der Waals surface area contributed by atoms with Crippen LogP contribution in [0.3, 0.4) is 0 Å². The van der Waals surface area contributed by atoms with Crippen molar-refractivity contribution in [2.45, 2.75) is 104 Å². The Morgan fingerprint density at radius 2 is 0.974 bits per heavy atom. The van der Waals surface area contributed by atoms with Gasteiger partial charge in [0, 0.05) is 116 Å². The second kappa shape index (κ2) is 26.4. The van der Waals surface area contributed by atoms with Crippen molar-refractivity contribution in [3.8, 4) is 10.4 Å². The molecule has 78 heavy (non-hydrogen) atoms. The highest BCUT2D eigenvalue weighted by molar-refractivity contribution is 7.89. The van der Waals surface area contributed by atoms with Crippen LogP contribution >= 0.6 is 22.7 Å². The van der Waals surface area contributed by atoms with Crippen molar-refractivity contribution in [1.82, 2.24) is 38.5 Å². The number of hydrogen-bond donors (Lipinski definition) is 2. The lowest BCUT2D eigenvalue weighted by atomic mass is 10.0. The molecule has 2 saturated heterocycles. The summed E-state index contributed by atoms with van der Waals surface area (Å²) >= 11 is 3.12. The molecule has 0 bridgehead atoms. The van der Waals surface area contributed by atoms with Crippen molar-refractivity contribution in [3.63, 3.8) is 0 Å². The standard InChI is InChI=1S/2C28H37N5O4S2/c2*1-3-4-21-16-29-27(30-17-21)32-11-9-24(10-12-32)37-28-31-25-6-5-23(15-26(25)38-28)22-7-13-33(14-8-22)39(35,36)19-20(2)18-34/h2*5-7,15-17,20,24,34H,3-4,8-14,18-19H2,1-2H3/t2*20-/m10/s1. The van der Waals surface area contributed by atoms with E-state index >= 15 is 0 Å². The first-order chi connectivity index (χ1) is 37.7. The zero-order valence-electron chi connectivity index (χ0n) is 45.2. The zero-order chi connectivity index (χ0) is 54.8. The Balaban J connectivity index is 0.000000190. The van der Waals surface area contributed by atoms with E-state index in [-0.39, 0.29) is 48.8 Å². The lowest BCUT2D eigenvalue weighted by Crippen LogP contribution is -2.39. The van der Waals surface area contributed by atoms with Crippen LogP contribution in [0.15, 0.2) is 73.3 Å². The van der Waals surface area contributed by atoms with E-state index in [2.05, 4.69) is 67.8 Å². The quantitative estimate of drug-likeness (QED) is 0.0735. The fourth-order valence-corrected chi connectivity index (χ4v) is 15.4. The predicted molar refractivity (Wildman–Crippen MR) is 311 cm³/mol. The molecule has 18 nitrogen and oxygen atoms in total. The number of aryl methyl sites for hydroxylation is 2. The molecule has 420 valence electrons. The van der Waals surface area contributed by atoms with Crippen molar-refractivity contribution < 1.29 is 36.5 Å². The Labute approximate surface area is 467 Å². The summed E-state index contributed by atoms with van der Waals surface area (Å²) in [6.07, 6.45) is 21.0. The van der Waals surface area contributed by atoms with E-state index in [4.69, 9.17) is 19.4 Å². The Bertz CT molecular complexity index is 3010. The Morgan fingerprint density at radius 3 is 1.31 bits per heavy atom. The SMILES string of the molecule is CCCc1cnc(N2CCC(Oc3nc4ccc(C5=CCN(S(=O)(=O)C[C@@H](C)CO)CC5)cc4s3)CC2)nc1.CCCc1cnc(N2CCC(Oc3nc4ccc(C5=CCN(S(=O)(=O)C[C@H](C)CO)CC5)cc4s3)CC2)nc1. The highest BCUT2D eigenvalue weighted by Gasteiger charge is 2.29. The predicted octanol–water partition coefficient (Wildman–Crippen LogP) is 8.27. The molecule has 2 atom stereocenters. The molecular formula is C56H74N10O8S4. The molecular weight excluding hydrogens is 1070 g/mol. The van der Waals surface area contributed by atoms with E-state index in [0.717, 1.165) is 132 Å². The second-order valence-corrected chi connectivity index (χ2v) is 27.0. The lowest BCUT2D eigenvalue weighted by Gasteiger charge is -2.31. The number of aromatic nitrogens is 6. The second-order valence-electron chi connectivity index (χ2n) is 21.0. The lowest BCUT2D eigenvalue weighted by molar-refractivity contribution is 0.170. The number of thiazole rings is 2. The van der Waals surface area contributed by atoms with Gasteiger partial charge in [-0.3, -0.25) is 0 Å². The van der Waals surface area contributed by atoms with Gasteiger partial charge in [-0.15, -0.1) is 0 Å². The first kappa shape index (κ1) is 57.5. The van der Waals surface area contributed by atoms with Gasteiger partial charge in [0.2, 0.25) is 31.9 Å². The number of aliphatic hydroxyl groups is 2. The number of nitrogens with zero attached hydrogens (tertiary/aromatic N) is 10. The summed E-state index contributed by atoms with van der Waals surface area (Å²) in [4.78, 5) is 32.1. The molecule has 0 aliphatic carbocycles. The number of rotatable bonds is 20. The molecule has 0 saturated carbocycles. The molecule has 2 fully saturated rings. The highest BCUT2D eigenvalue weighted by atomic mass is 32.2. The maximum atomic E-state index is 12.6. The first-order valence-corrected chi connectivity index (χ1v) is 32.4. The first-order valence-electron chi connectivity index (χ1n) is 27.5. The van der Waals surface area contributed by atoms with Gasteiger partial charge in [0.1, 0.15) is 12.2 Å². The van der Waals surface area contributed by atoms with Crippen molar-refractivity contribution in [3.05, 3.63) is 95.6 Å². The molecule has 0 spiro atoms. The van der Waals surface area contributed by atoms with Crippen LogP contribution in [0.4, 0.5) is 11.9 Å². The summed E-state index contributed by atoms with van der Waals surface area (Å²) in [5, 5.41) is 19.8. The molecule has 4 aromatic heterocycles. The molecule has 0 unspecified atom stereocenters. The van der Waals surface area contributed by atoms with E-state index in [1.807, 2.05) is 49.1 Å². The number of fused-ring (bicyclic) bond motifs is 2. The number of aliphatic hydroxyl groups excluding tert-OH is 2. The van der Waals surface area contributed by atoms with Gasteiger partial charge < -0.3 is 29.5 Å². The Morgan fingerprint density at radius 1 is 0.590 bits per heavy atom. The summed E-state index contributed by atoms with van der Waals surface area (Å²) in [5.41, 5.74) is 8.66. The van der Waals surface area contributed by atoms with E-state index in [9.17, 15) is 27.0 Å². The number of benzene rings is 2. The van der Waals surface area contributed by atoms with Crippen LogP contribution in [0.2, 0.25) is 0 Å². The van der Waals surface area contributed by atoms with Crippen LogP contribution in [0.1, 0.15) is 101 Å². The van der Waals surface area contributed by atoms with Crippen molar-refractivity contribution in [2.75, 3.05) is 86.9 Å². The van der Waals surface area contributed by atoms with Gasteiger partial charge in [-0.25, -0.2) is 46.7 Å². The van der Waals surface area contributed by atoms with Crippen LogP contribution in [0, 0.1) is 11.8 Å². The molecule has 8 heterocycles. The summed E-state index contributed by atoms with van der Waals surface area (Å²) in [6, 6.07) is 12.4. The van der Waals surface area contributed by atoms with Crippen molar-refractivity contribution in [2.24, 2.45) is 11.8 Å². The number of sulfonamides is 2. The van der Waals surface area contributed by atoms with E-state index < -0.39 is 20.0 Å². The number of hydrogen-bond acceptors (Lipinski definition) is 18. The fourth-order valence-electron chi connectivity index (χ4n) is 10.2. The van der Waals surface area contributed by atoms with Crippen LogP contribution in [-0.4, -0.2) is 155 Å². The van der Waals surface area contributed by atoms with Gasteiger partial charge in [0.25, 0.3) is 10.4 Å². The van der Waals surface area contributed by atoms with Gasteiger partial charge in [-0.05, 0) is 95.2 Å². The van der Waals surface area contributed by atoms with Crippen LogP contribution in [0.5, 0.6) is 10.4 Å². The minimum absolute atomic E-state index is 0.0266. The Hall–Kier alpha value is -5.20. The minimum atomic E-state index is -3.37. The molecule has 0 radical (unpaired) electrons.